The third-order valence-electron chi connectivity index (χ3n) is 7.67. The molecule has 0 spiro atoms. The van der Waals surface area contributed by atoms with Crippen LogP contribution in [0.25, 0.3) is 10.9 Å². The second-order valence-electron chi connectivity index (χ2n) is 11.3. The number of rotatable bonds is 16. The Bertz CT molecular complexity index is 1710. The van der Waals surface area contributed by atoms with Crippen LogP contribution < -0.4 is 27.4 Å². The van der Waals surface area contributed by atoms with Gasteiger partial charge in [0, 0.05) is 36.4 Å². The molecule has 0 aliphatic carbocycles. The number of para-hydroxylation sites is 1. The van der Waals surface area contributed by atoms with Gasteiger partial charge in [-0.15, -0.1) is 0 Å². The summed E-state index contributed by atoms with van der Waals surface area (Å²) >= 11 is 0. The largest absolute Gasteiger partial charge is 0.508 e. The van der Waals surface area contributed by atoms with Gasteiger partial charge in [0.25, 0.3) is 0 Å². The van der Waals surface area contributed by atoms with Gasteiger partial charge in [0.15, 0.2) is 0 Å². The standard InChI is InChI=1S/C34H38N6O7/c35-25(18-22-19-37-26-9-5-4-8-24(22)26)31(43)38-27(14-15-30(36)42)32(44)39-28(16-20-6-2-1-3-7-20)33(45)40-29(34(46)47)17-21-10-12-23(41)13-11-21/h1-13,19,25,27-29,37,41H,14-18,35H2,(H2,36,42)(H,38,43)(H,39,44)(H,40,45)(H,46,47). The molecule has 4 rings (SSSR count). The topological polar surface area (TPSA) is 230 Å². The number of H-pyrrole nitrogens is 1. The summed E-state index contributed by atoms with van der Waals surface area (Å²) in [5.74, 6) is -4.19. The van der Waals surface area contributed by atoms with Crippen molar-refractivity contribution in [2.24, 2.45) is 11.5 Å². The number of amides is 4. The lowest BCUT2D eigenvalue weighted by Gasteiger charge is -2.25. The number of fused-ring (bicyclic) bond motifs is 1. The number of aliphatic carboxylic acids is 1. The zero-order valence-electron chi connectivity index (χ0n) is 25.5. The number of nitrogens with one attached hydrogen (secondary N) is 4. The van der Waals surface area contributed by atoms with Crippen molar-refractivity contribution in [3.63, 3.8) is 0 Å². The number of primary amides is 1. The van der Waals surface area contributed by atoms with Gasteiger partial charge >= 0.3 is 5.97 Å². The highest BCUT2D eigenvalue weighted by Crippen LogP contribution is 2.19. The number of nitrogens with two attached hydrogens (primary N) is 2. The summed E-state index contributed by atoms with van der Waals surface area (Å²) in [5.41, 5.74) is 14.5. The van der Waals surface area contributed by atoms with Crippen LogP contribution in [0.5, 0.6) is 5.75 Å². The Hall–Kier alpha value is -5.69. The monoisotopic (exact) mass is 642 g/mol. The fraction of sp³-hybridized carbons (Fsp3) is 0.265. The van der Waals surface area contributed by atoms with Crippen molar-refractivity contribution in [3.8, 4) is 5.75 Å². The zero-order chi connectivity index (χ0) is 33.9. The predicted octanol–water partition coefficient (Wildman–Crippen LogP) is 1.03. The Morgan fingerprint density at radius 2 is 1.28 bits per heavy atom. The van der Waals surface area contributed by atoms with Gasteiger partial charge in [-0.05, 0) is 47.7 Å². The van der Waals surface area contributed by atoms with E-state index in [0.717, 1.165) is 16.5 Å². The molecule has 3 aromatic carbocycles. The minimum absolute atomic E-state index is 0.000521. The Balaban J connectivity index is 1.50. The summed E-state index contributed by atoms with van der Waals surface area (Å²) in [5, 5.41) is 28.0. The number of carboxylic acid groups (broad SMARTS) is 1. The summed E-state index contributed by atoms with van der Waals surface area (Å²) in [4.78, 5) is 67.2. The predicted molar refractivity (Wildman–Crippen MR) is 174 cm³/mol. The quantitative estimate of drug-likeness (QED) is 0.0878. The number of carbonyl (C=O) groups excluding carboxylic acids is 4. The van der Waals surface area contributed by atoms with E-state index in [1.54, 1.807) is 36.5 Å². The van der Waals surface area contributed by atoms with Crippen LogP contribution in [-0.2, 0) is 43.2 Å². The number of benzene rings is 3. The number of aromatic nitrogens is 1. The van der Waals surface area contributed by atoms with E-state index in [-0.39, 0.29) is 37.9 Å². The van der Waals surface area contributed by atoms with Crippen molar-refractivity contribution in [1.82, 2.24) is 20.9 Å². The van der Waals surface area contributed by atoms with E-state index in [1.807, 2.05) is 24.3 Å². The van der Waals surface area contributed by atoms with Gasteiger partial charge < -0.3 is 42.6 Å². The maximum Gasteiger partial charge on any atom is 0.326 e. The lowest BCUT2D eigenvalue weighted by Crippen LogP contribution is -2.58. The van der Waals surface area contributed by atoms with E-state index < -0.39 is 53.8 Å². The number of carboxylic acids is 1. The van der Waals surface area contributed by atoms with Crippen LogP contribution in [0.3, 0.4) is 0 Å². The molecule has 246 valence electrons. The second-order valence-corrected chi connectivity index (χ2v) is 11.3. The van der Waals surface area contributed by atoms with E-state index in [2.05, 4.69) is 20.9 Å². The molecule has 0 aliphatic rings. The third kappa shape index (κ3) is 9.90. The molecular formula is C34H38N6O7. The summed E-state index contributed by atoms with van der Waals surface area (Å²) in [7, 11) is 0. The first-order valence-corrected chi connectivity index (χ1v) is 15.0. The first-order chi connectivity index (χ1) is 22.5. The molecule has 0 saturated carbocycles. The van der Waals surface area contributed by atoms with E-state index in [0.29, 0.717) is 11.1 Å². The second kappa shape index (κ2) is 16.0. The van der Waals surface area contributed by atoms with Crippen LogP contribution in [-0.4, -0.2) is 69.0 Å². The van der Waals surface area contributed by atoms with E-state index in [4.69, 9.17) is 11.5 Å². The van der Waals surface area contributed by atoms with Crippen LogP contribution in [0.2, 0.25) is 0 Å². The summed E-state index contributed by atoms with van der Waals surface area (Å²) in [6.07, 6.45) is 1.44. The molecule has 1 aromatic heterocycles. The van der Waals surface area contributed by atoms with Gasteiger partial charge in [0.2, 0.25) is 23.6 Å². The van der Waals surface area contributed by atoms with E-state index >= 15 is 0 Å². The molecule has 0 aliphatic heterocycles. The number of aromatic amines is 1. The molecule has 1 heterocycles. The van der Waals surface area contributed by atoms with Crippen LogP contribution >= 0.6 is 0 Å². The molecule has 0 bridgehead atoms. The van der Waals surface area contributed by atoms with E-state index in [9.17, 15) is 34.2 Å². The first kappa shape index (κ1) is 34.2. The van der Waals surface area contributed by atoms with Gasteiger partial charge in [0.05, 0.1) is 6.04 Å². The molecule has 0 fully saturated rings. The van der Waals surface area contributed by atoms with Gasteiger partial charge in [0.1, 0.15) is 23.9 Å². The molecule has 4 unspecified atom stereocenters. The number of aromatic hydroxyl groups is 1. The maximum absolute atomic E-state index is 13.6. The van der Waals surface area contributed by atoms with Gasteiger partial charge in [-0.25, -0.2) is 4.79 Å². The lowest BCUT2D eigenvalue weighted by molar-refractivity contribution is -0.142. The Kier molecular flexibility index (Phi) is 11.7. The number of phenolic OH excluding ortho intramolecular Hbond substituents is 1. The Morgan fingerprint density at radius 1 is 0.702 bits per heavy atom. The molecule has 10 N–H and O–H groups in total. The fourth-order valence-electron chi connectivity index (χ4n) is 5.14. The van der Waals surface area contributed by atoms with Crippen LogP contribution in [0, 0.1) is 0 Å². The zero-order valence-corrected chi connectivity index (χ0v) is 25.5. The number of phenols is 1. The number of hydrogen-bond donors (Lipinski definition) is 8. The third-order valence-corrected chi connectivity index (χ3v) is 7.67. The molecule has 4 aromatic rings. The maximum atomic E-state index is 13.6. The Labute approximate surface area is 270 Å². The first-order valence-electron chi connectivity index (χ1n) is 15.0. The molecule has 0 radical (unpaired) electrons. The van der Waals surface area contributed by atoms with Gasteiger partial charge in [-0.2, -0.15) is 0 Å². The highest BCUT2D eigenvalue weighted by atomic mass is 16.4. The van der Waals surface area contributed by atoms with Crippen molar-refractivity contribution in [3.05, 3.63) is 102 Å². The van der Waals surface area contributed by atoms with Crippen molar-refractivity contribution >= 4 is 40.5 Å². The van der Waals surface area contributed by atoms with Crippen LogP contribution in [0.15, 0.2) is 85.1 Å². The molecule has 13 nitrogen and oxygen atoms in total. The van der Waals surface area contributed by atoms with Crippen LogP contribution in [0.1, 0.15) is 29.5 Å². The Morgan fingerprint density at radius 3 is 1.96 bits per heavy atom. The normalized spacial score (nSPS) is 13.6. The average molecular weight is 643 g/mol. The minimum Gasteiger partial charge on any atom is -0.508 e. The van der Waals surface area contributed by atoms with Crippen molar-refractivity contribution in [2.75, 3.05) is 0 Å². The van der Waals surface area contributed by atoms with Gasteiger partial charge in [-0.1, -0.05) is 60.7 Å². The molecule has 4 amide bonds. The molecule has 13 heteroatoms. The molecular weight excluding hydrogens is 604 g/mol. The molecule has 4 atom stereocenters. The minimum atomic E-state index is -1.35. The van der Waals surface area contributed by atoms with Crippen LogP contribution in [0.4, 0.5) is 0 Å². The summed E-state index contributed by atoms with van der Waals surface area (Å²) < 4.78 is 0. The molecule has 47 heavy (non-hydrogen) atoms. The van der Waals surface area contributed by atoms with Crippen molar-refractivity contribution in [1.29, 1.82) is 0 Å². The fourth-order valence-corrected chi connectivity index (χ4v) is 5.14. The van der Waals surface area contributed by atoms with Gasteiger partial charge in [-0.3, -0.25) is 19.2 Å². The van der Waals surface area contributed by atoms with Crippen molar-refractivity contribution < 1.29 is 34.2 Å². The lowest BCUT2D eigenvalue weighted by atomic mass is 10.0. The number of hydrogen-bond acceptors (Lipinski definition) is 7. The molecule has 0 saturated heterocycles. The van der Waals surface area contributed by atoms with Crippen molar-refractivity contribution in [2.45, 2.75) is 56.3 Å². The smallest absolute Gasteiger partial charge is 0.326 e. The van der Waals surface area contributed by atoms with E-state index in [1.165, 1.54) is 24.3 Å². The highest BCUT2D eigenvalue weighted by Gasteiger charge is 2.31. The summed E-state index contributed by atoms with van der Waals surface area (Å²) in [6.45, 7) is 0. The highest BCUT2D eigenvalue weighted by molar-refractivity contribution is 5.95. The average Bonchev–Trinajstić information content (AvgIpc) is 3.46. The SMILES string of the molecule is NC(=O)CCC(NC(=O)C(N)Cc1c[nH]c2ccccc12)C(=O)NC(Cc1ccccc1)C(=O)NC(Cc1ccc(O)cc1)C(=O)O. The summed E-state index contributed by atoms with van der Waals surface area (Å²) in [6, 6.07) is 17.3. The number of carbonyl (C=O) groups is 5.